The third kappa shape index (κ3) is 7.10. The molecular weight excluding hydrogens is 746 g/mol. The summed E-state index contributed by atoms with van der Waals surface area (Å²) < 4.78 is 6.26. The van der Waals surface area contributed by atoms with Crippen molar-refractivity contribution in [2.24, 2.45) is 5.92 Å². The van der Waals surface area contributed by atoms with Crippen molar-refractivity contribution in [2.75, 3.05) is 55.6 Å². The van der Waals surface area contributed by atoms with E-state index in [1.54, 1.807) is 30.3 Å². The van der Waals surface area contributed by atoms with Crippen molar-refractivity contribution in [3.05, 3.63) is 87.9 Å². The second-order valence-electron chi connectivity index (χ2n) is 16.2. The van der Waals surface area contributed by atoms with E-state index in [4.69, 9.17) is 21.6 Å². The Morgan fingerprint density at radius 1 is 0.825 bits per heavy atom. The molecule has 3 aromatic carbocycles. The zero-order valence-corrected chi connectivity index (χ0v) is 32.3. The van der Waals surface area contributed by atoms with Crippen molar-refractivity contribution in [3.63, 3.8) is 0 Å². The normalized spacial score (nSPS) is 25.0. The van der Waals surface area contributed by atoms with Gasteiger partial charge in [0.15, 0.2) is 0 Å². The number of ether oxygens (including phenoxy) is 1. The third-order valence-corrected chi connectivity index (χ3v) is 13.1. The summed E-state index contributed by atoms with van der Waals surface area (Å²) in [4.78, 5) is 74.3. The molecule has 0 aliphatic carbocycles. The summed E-state index contributed by atoms with van der Waals surface area (Å²) in [5.41, 5.74) is 3.78. The molecule has 0 radical (unpaired) electrons. The molecule has 1 N–H and O–H groups in total. The van der Waals surface area contributed by atoms with Gasteiger partial charge in [-0.1, -0.05) is 11.6 Å². The number of hydrogen-bond acceptors (Lipinski definition) is 10. The molecule has 4 atom stereocenters. The Balaban J connectivity index is 0.715. The van der Waals surface area contributed by atoms with Gasteiger partial charge in [-0.15, -0.1) is 0 Å². The molecule has 5 fully saturated rings. The number of amides is 5. The van der Waals surface area contributed by atoms with Crippen LogP contribution in [-0.4, -0.2) is 114 Å². The molecule has 6 aliphatic rings. The predicted octanol–water partition coefficient (Wildman–Crippen LogP) is 4.48. The Morgan fingerprint density at radius 2 is 1.53 bits per heavy atom. The number of piperidine rings is 2. The van der Waals surface area contributed by atoms with Gasteiger partial charge in [0.2, 0.25) is 11.8 Å². The monoisotopic (exact) mass is 789 g/mol. The minimum absolute atomic E-state index is 0.000492. The van der Waals surface area contributed by atoms with Crippen molar-refractivity contribution in [1.82, 2.24) is 20.0 Å². The van der Waals surface area contributed by atoms with E-state index >= 15 is 0 Å². The number of nitriles is 1. The largest absolute Gasteiger partial charge is 0.490 e. The molecule has 5 amide bonds. The minimum Gasteiger partial charge on any atom is -0.490 e. The number of nitrogens with one attached hydrogen (secondary N) is 1. The van der Waals surface area contributed by atoms with Crippen LogP contribution in [0, 0.1) is 17.2 Å². The van der Waals surface area contributed by atoms with Gasteiger partial charge in [0.1, 0.15) is 24.0 Å². The maximum atomic E-state index is 13.7. The average Bonchev–Trinajstić information content (AvgIpc) is 3.61. The van der Waals surface area contributed by atoms with Crippen LogP contribution in [0.2, 0.25) is 5.02 Å². The molecule has 6 heterocycles. The van der Waals surface area contributed by atoms with Crippen LogP contribution in [0.3, 0.4) is 0 Å². The van der Waals surface area contributed by atoms with Crippen LogP contribution < -0.4 is 19.9 Å². The highest BCUT2D eigenvalue weighted by atomic mass is 35.5. The summed E-state index contributed by atoms with van der Waals surface area (Å²) in [6.07, 6.45) is 4.81. The van der Waals surface area contributed by atoms with Crippen LogP contribution >= 0.6 is 11.6 Å². The minimum atomic E-state index is -0.966. The van der Waals surface area contributed by atoms with E-state index in [1.807, 2.05) is 18.2 Å². The van der Waals surface area contributed by atoms with Crippen LogP contribution in [0.4, 0.5) is 11.4 Å². The molecule has 5 saturated heterocycles. The molecule has 3 aromatic rings. The van der Waals surface area contributed by atoms with Gasteiger partial charge >= 0.3 is 0 Å². The van der Waals surface area contributed by atoms with Gasteiger partial charge in [0.05, 0.1) is 21.7 Å². The summed E-state index contributed by atoms with van der Waals surface area (Å²) >= 11 is 6.22. The number of carbonyl (C=O) groups excluding carboxylic acids is 5. The lowest BCUT2D eigenvalue weighted by atomic mass is 9.94. The zero-order chi connectivity index (χ0) is 39.4. The first-order valence-electron chi connectivity index (χ1n) is 20.0. The van der Waals surface area contributed by atoms with E-state index in [-0.39, 0.29) is 36.9 Å². The Hall–Kier alpha value is -5.45. The van der Waals surface area contributed by atoms with Crippen molar-refractivity contribution < 1.29 is 28.7 Å². The Bertz CT molecular complexity index is 2160. The van der Waals surface area contributed by atoms with E-state index in [0.717, 1.165) is 99.8 Å². The summed E-state index contributed by atoms with van der Waals surface area (Å²) in [5, 5.41) is 11.8. The van der Waals surface area contributed by atoms with Crippen LogP contribution in [-0.2, 0) is 9.59 Å². The smallest absolute Gasteiger partial charge is 0.262 e. The van der Waals surface area contributed by atoms with E-state index in [1.165, 1.54) is 0 Å². The maximum absolute atomic E-state index is 13.7. The highest BCUT2D eigenvalue weighted by Crippen LogP contribution is 2.39. The van der Waals surface area contributed by atoms with Crippen molar-refractivity contribution in [3.8, 4) is 11.8 Å². The fourth-order valence-electron chi connectivity index (χ4n) is 9.58. The molecule has 2 bridgehead atoms. The molecule has 0 saturated carbocycles. The lowest BCUT2D eigenvalue weighted by molar-refractivity contribution is -0.136. The number of piperazine rings is 1. The Labute approximate surface area is 336 Å². The second-order valence-corrected chi connectivity index (χ2v) is 16.6. The van der Waals surface area contributed by atoms with Gasteiger partial charge in [0, 0.05) is 93.6 Å². The van der Waals surface area contributed by atoms with Crippen LogP contribution in [0.15, 0.2) is 60.7 Å². The van der Waals surface area contributed by atoms with Gasteiger partial charge < -0.3 is 19.4 Å². The summed E-state index contributed by atoms with van der Waals surface area (Å²) in [6.45, 7) is 6.55. The van der Waals surface area contributed by atoms with Gasteiger partial charge in [-0.05, 0) is 92.7 Å². The number of benzene rings is 3. The van der Waals surface area contributed by atoms with E-state index in [2.05, 4.69) is 43.1 Å². The number of rotatable bonds is 9. The summed E-state index contributed by atoms with van der Waals surface area (Å²) in [7, 11) is 0. The second kappa shape index (κ2) is 15.1. The van der Waals surface area contributed by atoms with Crippen LogP contribution in [0.1, 0.15) is 81.6 Å². The number of fused-ring (bicyclic) bond motifs is 3. The standard InChI is InChI=1S/C43H44ClN7O6/c44-37-22-33(9-3-28(37)23-45)57-34-19-31-6-7-32(20-34)50(31)41(54)27-1-4-29(5-2-27)48-17-15-47(16-18-48)14-13-26-24-49(25-26)30-8-10-35-36(21-30)43(56)51(42(35)55)38-11-12-39(52)46-40(38)53/h1-5,8-10,21-22,26,31-32,34,38H,6-7,11-20,24-25H2,(H,46,52,53)/t31-,32+,34+,38?. The SMILES string of the molecule is N#Cc1ccc(O[C@H]2C[C@H]3CC[C@@H](C2)N3C(=O)c2ccc(N3CCN(CCC4CN(c5ccc6c(c5)C(=O)N(C5CCC(=O)NC5=O)C6=O)C4)CC3)cc2)cc1Cl. The predicted molar refractivity (Wildman–Crippen MR) is 211 cm³/mol. The first-order valence-corrected chi connectivity index (χ1v) is 20.4. The number of halogens is 1. The topological polar surface area (TPSA) is 147 Å². The quantitative estimate of drug-likeness (QED) is 0.308. The van der Waals surface area contributed by atoms with Gasteiger partial charge in [-0.2, -0.15) is 5.26 Å². The lowest BCUT2D eigenvalue weighted by Crippen LogP contribution is -2.54. The molecule has 1 unspecified atom stereocenters. The summed E-state index contributed by atoms with van der Waals surface area (Å²) in [6, 6.07) is 20.0. The first kappa shape index (κ1) is 37.1. The lowest BCUT2D eigenvalue weighted by Gasteiger charge is -2.43. The highest BCUT2D eigenvalue weighted by Gasteiger charge is 2.46. The fourth-order valence-corrected chi connectivity index (χ4v) is 9.80. The molecule has 0 aromatic heterocycles. The van der Waals surface area contributed by atoms with E-state index < -0.39 is 29.7 Å². The number of anilines is 2. The summed E-state index contributed by atoms with van der Waals surface area (Å²) in [5.74, 6) is -0.684. The number of carbonyl (C=O) groups is 5. The number of imide groups is 2. The molecule has 13 nitrogen and oxygen atoms in total. The molecule has 57 heavy (non-hydrogen) atoms. The average molecular weight is 790 g/mol. The fraction of sp³-hybridized carbons (Fsp3) is 0.442. The molecule has 294 valence electrons. The van der Waals surface area contributed by atoms with Gasteiger partial charge in [-0.25, -0.2) is 0 Å². The van der Waals surface area contributed by atoms with Crippen LogP contribution in [0.5, 0.6) is 5.75 Å². The third-order valence-electron chi connectivity index (χ3n) is 12.7. The van der Waals surface area contributed by atoms with Gasteiger partial charge in [-0.3, -0.25) is 39.1 Å². The molecule has 9 rings (SSSR count). The van der Waals surface area contributed by atoms with Gasteiger partial charge in [0.25, 0.3) is 17.7 Å². The highest BCUT2D eigenvalue weighted by molar-refractivity contribution is 6.31. The first-order chi connectivity index (χ1) is 27.6. The number of nitrogens with zero attached hydrogens (tertiary/aromatic N) is 6. The van der Waals surface area contributed by atoms with E-state index in [0.29, 0.717) is 33.4 Å². The van der Waals surface area contributed by atoms with E-state index in [9.17, 15) is 24.0 Å². The number of hydrogen-bond donors (Lipinski definition) is 1. The molecular formula is C43H44ClN7O6. The van der Waals surface area contributed by atoms with Crippen molar-refractivity contribution in [2.45, 2.75) is 69.2 Å². The Kier molecular flexibility index (Phi) is 9.86. The van der Waals surface area contributed by atoms with Crippen molar-refractivity contribution >= 4 is 52.5 Å². The molecule has 0 spiro atoms. The van der Waals surface area contributed by atoms with Crippen molar-refractivity contribution in [1.29, 1.82) is 5.26 Å². The molecule has 6 aliphatic heterocycles. The zero-order valence-electron chi connectivity index (χ0n) is 31.6. The van der Waals surface area contributed by atoms with Crippen LogP contribution in [0.25, 0.3) is 0 Å². The Morgan fingerprint density at radius 3 is 2.21 bits per heavy atom. The molecule has 14 heteroatoms. The maximum Gasteiger partial charge on any atom is 0.262 e.